The number of carbonyl (C=O) groups excluding carboxylic acids is 1. The molecule has 1 amide bonds. The summed E-state index contributed by atoms with van der Waals surface area (Å²) < 4.78 is 98.6. The second kappa shape index (κ2) is 12.1. The molecule has 2 aromatic carbocycles. The second-order valence-electron chi connectivity index (χ2n) is 16.0. The van der Waals surface area contributed by atoms with Gasteiger partial charge in [0.05, 0.1) is 27.4 Å². The number of rotatable bonds is 7. The van der Waals surface area contributed by atoms with Gasteiger partial charge in [-0.1, -0.05) is 6.07 Å². The minimum atomic E-state index is -5.12. The van der Waals surface area contributed by atoms with Crippen molar-refractivity contribution in [2.75, 3.05) is 43.9 Å². The van der Waals surface area contributed by atoms with Crippen LogP contribution in [0.4, 0.5) is 37.2 Å². The fourth-order valence-corrected chi connectivity index (χ4v) is 10.5. The Kier molecular flexibility index (Phi) is 7.90. The lowest BCUT2D eigenvalue weighted by Crippen LogP contribution is -2.45. The molecular formula is C38H37F6N7O2S. The zero-order valence-electron chi connectivity index (χ0n) is 29.6. The molecule has 4 aromatic rings. The molecule has 2 saturated carbocycles. The number of nitrogens with two attached hydrogens (primary N) is 1. The molecule has 9 nitrogen and oxygen atoms in total. The maximum absolute atomic E-state index is 17.3. The number of benzene rings is 2. The monoisotopic (exact) mass is 769 g/mol. The van der Waals surface area contributed by atoms with Crippen molar-refractivity contribution in [2.24, 2.45) is 11.3 Å². The molecule has 1 spiro atoms. The molecule has 4 unspecified atom stereocenters. The Hall–Kier alpha value is -4.36. The van der Waals surface area contributed by atoms with Gasteiger partial charge in [0, 0.05) is 61.4 Å². The Balaban J connectivity index is 1.21. The van der Waals surface area contributed by atoms with Crippen LogP contribution in [0.2, 0.25) is 0 Å². The van der Waals surface area contributed by atoms with E-state index in [2.05, 4.69) is 14.9 Å². The van der Waals surface area contributed by atoms with E-state index in [1.165, 1.54) is 0 Å². The Labute approximate surface area is 310 Å². The molecule has 3 saturated heterocycles. The van der Waals surface area contributed by atoms with Crippen molar-refractivity contribution in [3.63, 3.8) is 0 Å². The SMILES string of the molecule is CC1C(N(C)c2nc(OCC34CC(F)CN3CC3(CC3)C4)nc3c(F)c(-c4ccc(F)c5sc(N)c(C#N)c45)c(C(F)(F)F)cc23)CCN1C(=O)C1CC1. The molecule has 0 radical (unpaired) electrons. The van der Waals surface area contributed by atoms with Crippen LogP contribution in [0.25, 0.3) is 32.1 Å². The molecule has 0 bridgehead atoms. The Morgan fingerprint density at radius 3 is 2.65 bits per heavy atom. The Morgan fingerprint density at radius 1 is 1.20 bits per heavy atom. The Bertz CT molecular complexity index is 2280. The highest BCUT2D eigenvalue weighted by Gasteiger charge is 2.62. The van der Waals surface area contributed by atoms with Gasteiger partial charge >= 0.3 is 12.2 Å². The average molecular weight is 770 g/mol. The van der Waals surface area contributed by atoms with Gasteiger partial charge < -0.3 is 20.3 Å². The number of hydrogen-bond donors (Lipinski definition) is 1. The fourth-order valence-electron chi connectivity index (χ4n) is 9.52. The number of nitrogens with zero attached hydrogens (tertiary/aromatic N) is 6. The highest BCUT2D eigenvalue weighted by Crippen LogP contribution is 2.61. The summed E-state index contributed by atoms with van der Waals surface area (Å²) in [4.78, 5) is 27.7. The first-order valence-corrected chi connectivity index (χ1v) is 19.0. The van der Waals surface area contributed by atoms with Gasteiger partial charge in [-0.25, -0.2) is 13.2 Å². The summed E-state index contributed by atoms with van der Waals surface area (Å²) in [6, 6.07) is 3.54. The number of amides is 1. The summed E-state index contributed by atoms with van der Waals surface area (Å²) in [5.74, 6) is -2.20. The first-order chi connectivity index (χ1) is 25.6. The summed E-state index contributed by atoms with van der Waals surface area (Å²) in [5, 5.41) is 9.29. The van der Waals surface area contributed by atoms with Crippen molar-refractivity contribution in [3.8, 4) is 23.2 Å². The van der Waals surface area contributed by atoms with Crippen LogP contribution in [-0.2, 0) is 11.0 Å². The number of aromatic nitrogens is 2. The third-order valence-corrected chi connectivity index (χ3v) is 13.5. The van der Waals surface area contributed by atoms with Gasteiger partial charge in [0.15, 0.2) is 5.82 Å². The van der Waals surface area contributed by atoms with E-state index < -0.39 is 46.2 Å². The first-order valence-electron chi connectivity index (χ1n) is 18.2. The maximum atomic E-state index is 17.3. The number of halogens is 6. The normalized spacial score (nSPS) is 26.2. The quantitative estimate of drug-likeness (QED) is 0.193. The van der Waals surface area contributed by atoms with Crippen molar-refractivity contribution >= 4 is 49.1 Å². The van der Waals surface area contributed by atoms with Crippen molar-refractivity contribution < 1.29 is 35.9 Å². The molecule has 284 valence electrons. The number of anilines is 2. The third kappa shape index (κ3) is 5.47. The third-order valence-electron chi connectivity index (χ3n) is 12.5. The van der Waals surface area contributed by atoms with Crippen molar-refractivity contribution in [1.82, 2.24) is 19.8 Å². The molecule has 5 fully saturated rings. The minimum Gasteiger partial charge on any atom is -0.461 e. The van der Waals surface area contributed by atoms with E-state index >= 15 is 22.0 Å². The van der Waals surface area contributed by atoms with Gasteiger partial charge in [0.1, 0.15) is 41.0 Å². The zero-order valence-corrected chi connectivity index (χ0v) is 30.4. The number of carbonyl (C=O) groups is 1. The standard InChI is InChI=1S/C38H37F6N7O2S/c1-18-26(7-10-51(18)34(52)19-3-4-19)49(2)33-22-11-24(38(42,43)44)28(21-5-6-25(40)31-27(21)23(13-45)32(46)54-31)29(41)30(22)47-35(48-33)53-17-37-12-20(39)14-50(37)16-36(15-37)8-9-36/h5-6,11,18-20,26H,3-4,7-10,12,14-17,46H2,1-2H3. The van der Waals surface area contributed by atoms with Crippen LogP contribution in [0.3, 0.4) is 0 Å². The average Bonchev–Trinajstić information content (AvgIpc) is 3.98. The minimum absolute atomic E-state index is 0.000730. The zero-order chi connectivity index (χ0) is 38.1. The number of hydrogen-bond acceptors (Lipinski definition) is 9. The molecule has 54 heavy (non-hydrogen) atoms. The largest absolute Gasteiger partial charge is 0.461 e. The van der Waals surface area contributed by atoms with E-state index in [0.29, 0.717) is 24.3 Å². The summed E-state index contributed by atoms with van der Waals surface area (Å²) in [6.45, 7) is 3.35. The molecular weight excluding hydrogens is 733 g/mol. The molecule has 3 aliphatic heterocycles. The van der Waals surface area contributed by atoms with Crippen molar-refractivity contribution in [3.05, 3.63) is 41.0 Å². The summed E-state index contributed by atoms with van der Waals surface area (Å²) in [6.07, 6.45) is -0.981. The summed E-state index contributed by atoms with van der Waals surface area (Å²) in [7, 11) is 1.65. The van der Waals surface area contributed by atoms with Gasteiger partial charge in [-0.3, -0.25) is 9.69 Å². The van der Waals surface area contributed by atoms with E-state index in [9.17, 15) is 14.4 Å². The number of fused-ring (bicyclic) bond motifs is 3. The Morgan fingerprint density at radius 2 is 1.96 bits per heavy atom. The molecule has 5 heterocycles. The maximum Gasteiger partial charge on any atom is 0.417 e. The van der Waals surface area contributed by atoms with Crippen LogP contribution in [0.5, 0.6) is 6.01 Å². The number of likely N-dealkylation sites (N-methyl/N-ethyl adjacent to an activating group) is 1. The van der Waals surface area contributed by atoms with Crippen LogP contribution in [0, 0.1) is 34.3 Å². The topological polar surface area (TPSA) is 112 Å². The summed E-state index contributed by atoms with van der Waals surface area (Å²) >= 11 is 0.688. The van der Waals surface area contributed by atoms with Crippen LogP contribution >= 0.6 is 11.3 Å². The number of thiophene rings is 1. The number of nitriles is 1. The van der Waals surface area contributed by atoms with E-state index in [0.717, 1.165) is 56.8 Å². The molecule has 2 aliphatic carbocycles. The lowest BCUT2D eigenvalue weighted by atomic mass is 9.89. The van der Waals surface area contributed by atoms with E-state index in [1.807, 2.05) is 13.0 Å². The first kappa shape index (κ1) is 35.3. The molecule has 2 aromatic heterocycles. The predicted octanol–water partition coefficient (Wildman–Crippen LogP) is 7.44. The van der Waals surface area contributed by atoms with Crippen molar-refractivity contribution in [2.45, 2.75) is 81.8 Å². The van der Waals surface area contributed by atoms with E-state index in [4.69, 9.17) is 10.5 Å². The number of alkyl halides is 4. The fraction of sp³-hybridized carbons (Fsp3) is 0.526. The second-order valence-corrected chi connectivity index (χ2v) is 17.0. The molecule has 5 aliphatic rings. The molecule has 9 rings (SSSR count). The van der Waals surface area contributed by atoms with Crippen LogP contribution in [0.15, 0.2) is 18.2 Å². The van der Waals surface area contributed by atoms with Gasteiger partial charge in [0.25, 0.3) is 0 Å². The smallest absolute Gasteiger partial charge is 0.417 e. The molecule has 4 atom stereocenters. The van der Waals surface area contributed by atoms with Gasteiger partial charge in [-0.05, 0) is 68.6 Å². The van der Waals surface area contributed by atoms with Gasteiger partial charge in [-0.15, -0.1) is 11.3 Å². The number of likely N-dealkylation sites (tertiary alicyclic amines) is 1. The van der Waals surface area contributed by atoms with Crippen LogP contribution < -0.4 is 15.4 Å². The van der Waals surface area contributed by atoms with Gasteiger partial charge in [-0.2, -0.15) is 28.4 Å². The lowest BCUT2D eigenvalue weighted by Gasteiger charge is -2.33. The molecule has 16 heteroatoms. The van der Waals surface area contributed by atoms with E-state index in [-0.39, 0.29) is 92.3 Å². The lowest BCUT2D eigenvalue weighted by molar-refractivity contribution is -0.137. The van der Waals surface area contributed by atoms with Gasteiger partial charge in [0.2, 0.25) is 5.91 Å². The predicted molar refractivity (Wildman–Crippen MR) is 191 cm³/mol. The van der Waals surface area contributed by atoms with E-state index in [1.54, 1.807) is 16.8 Å². The van der Waals surface area contributed by atoms with Crippen molar-refractivity contribution in [1.29, 1.82) is 5.26 Å². The van der Waals surface area contributed by atoms with Crippen LogP contribution in [-0.4, -0.2) is 82.8 Å². The highest BCUT2D eigenvalue weighted by atomic mass is 32.1. The number of nitrogen functional groups attached to an aromatic ring is 1. The molecule has 2 N–H and O–H groups in total. The number of ether oxygens (including phenoxy) is 1. The summed E-state index contributed by atoms with van der Waals surface area (Å²) in [5.41, 5.74) is 2.08. The highest BCUT2D eigenvalue weighted by molar-refractivity contribution is 7.23. The van der Waals surface area contributed by atoms with Crippen LogP contribution in [0.1, 0.15) is 63.0 Å².